The molecule has 4 N–H and O–H groups in total. The van der Waals surface area contributed by atoms with Crippen LogP contribution in [0.25, 0.3) is 0 Å². The van der Waals surface area contributed by atoms with Crippen LogP contribution in [0.4, 0.5) is 0 Å². The molecular weight excluding hydrogens is 276 g/mol. The number of aromatic hydroxyl groups is 4. The van der Waals surface area contributed by atoms with E-state index in [4.69, 9.17) is 4.74 Å². The molecule has 21 heavy (non-hydrogen) atoms. The van der Waals surface area contributed by atoms with Crippen LogP contribution in [-0.2, 0) is 4.74 Å². The average Bonchev–Trinajstić information content (AvgIpc) is 3.21. The molecule has 2 aromatic carbocycles. The lowest BCUT2D eigenvalue weighted by Gasteiger charge is -2.03. The molecule has 1 aliphatic rings. The highest BCUT2D eigenvalue weighted by atomic mass is 16.6. The van der Waals surface area contributed by atoms with Gasteiger partial charge in [-0.2, -0.15) is 0 Å². The Balaban J connectivity index is 1.81. The summed E-state index contributed by atoms with van der Waals surface area (Å²) in [6.45, 7) is 0. The van der Waals surface area contributed by atoms with Crippen molar-refractivity contribution in [3.05, 3.63) is 47.5 Å². The summed E-state index contributed by atoms with van der Waals surface area (Å²) in [7, 11) is 0. The monoisotopic (exact) mass is 288 g/mol. The number of phenolic OH excluding ortho intramolecular Hbond substituents is 4. The number of hydrogen-bond acceptors (Lipinski definition) is 6. The van der Waals surface area contributed by atoms with Crippen molar-refractivity contribution in [3.8, 4) is 23.0 Å². The highest BCUT2D eigenvalue weighted by Crippen LogP contribution is 2.43. The molecule has 0 amide bonds. The molecule has 0 spiro atoms. The number of phenols is 4. The zero-order chi connectivity index (χ0) is 15.1. The van der Waals surface area contributed by atoms with Crippen molar-refractivity contribution in [3.63, 3.8) is 0 Å². The zero-order valence-electron chi connectivity index (χ0n) is 10.7. The minimum absolute atomic E-state index is 0.0586. The van der Waals surface area contributed by atoms with E-state index in [1.54, 1.807) is 6.07 Å². The number of Topliss-reactive ketones (excluding diaryl/α,β-unsaturated/α-hetero) is 1. The van der Waals surface area contributed by atoms with Crippen LogP contribution in [0.3, 0.4) is 0 Å². The van der Waals surface area contributed by atoms with Crippen molar-refractivity contribution < 1.29 is 30.0 Å². The summed E-state index contributed by atoms with van der Waals surface area (Å²) < 4.78 is 5.28. The van der Waals surface area contributed by atoms with Crippen LogP contribution in [0.1, 0.15) is 22.0 Å². The van der Waals surface area contributed by atoms with E-state index in [1.165, 1.54) is 24.3 Å². The van der Waals surface area contributed by atoms with Gasteiger partial charge in [0.25, 0.3) is 0 Å². The molecule has 1 heterocycles. The lowest BCUT2D eigenvalue weighted by atomic mass is 10.0. The van der Waals surface area contributed by atoms with E-state index in [1.807, 2.05) is 0 Å². The van der Waals surface area contributed by atoms with E-state index in [9.17, 15) is 25.2 Å². The molecule has 0 aromatic heterocycles. The van der Waals surface area contributed by atoms with Gasteiger partial charge >= 0.3 is 0 Å². The molecule has 1 fully saturated rings. The number of ether oxygens (including phenoxy) is 1. The minimum atomic E-state index is -0.760. The van der Waals surface area contributed by atoms with Gasteiger partial charge in [-0.3, -0.25) is 4.79 Å². The van der Waals surface area contributed by atoms with Crippen LogP contribution < -0.4 is 0 Å². The second-order valence-electron chi connectivity index (χ2n) is 4.79. The van der Waals surface area contributed by atoms with Crippen molar-refractivity contribution in [1.29, 1.82) is 0 Å². The molecule has 0 radical (unpaired) electrons. The summed E-state index contributed by atoms with van der Waals surface area (Å²) in [5.41, 5.74) is 0.616. The maximum atomic E-state index is 12.2. The standard InChI is InChI=1S/C15H12O6/c16-8-2-3-9(11(18)6-8)13(20)15-14(21-15)7-1-4-10(17)12(19)5-7/h1-6,14-19H/t14-,15-/m1/s1. The third-order valence-electron chi connectivity index (χ3n) is 3.32. The Labute approximate surface area is 119 Å². The molecule has 0 saturated carbocycles. The van der Waals surface area contributed by atoms with Gasteiger partial charge in [0, 0.05) is 6.07 Å². The quantitative estimate of drug-likeness (QED) is 0.389. The van der Waals surface area contributed by atoms with Gasteiger partial charge in [0.1, 0.15) is 17.6 Å². The van der Waals surface area contributed by atoms with Gasteiger partial charge < -0.3 is 25.2 Å². The van der Waals surface area contributed by atoms with E-state index in [2.05, 4.69) is 0 Å². The van der Waals surface area contributed by atoms with Crippen LogP contribution in [0, 0.1) is 0 Å². The van der Waals surface area contributed by atoms with Crippen molar-refractivity contribution in [1.82, 2.24) is 0 Å². The fourth-order valence-corrected chi connectivity index (χ4v) is 2.16. The number of benzene rings is 2. The number of ketones is 1. The van der Waals surface area contributed by atoms with Crippen molar-refractivity contribution in [2.75, 3.05) is 0 Å². The summed E-state index contributed by atoms with van der Waals surface area (Å²) in [4.78, 5) is 12.2. The lowest BCUT2D eigenvalue weighted by Crippen LogP contribution is -2.08. The van der Waals surface area contributed by atoms with Crippen LogP contribution in [0.15, 0.2) is 36.4 Å². The van der Waals surface area contributed by atoms with E-state index in [0.717, 1.165) is 6.07 Å². The van der Waals surface area contributed by atoms with Crippen LogP contribution in [0.5, 0.6) is 23.0 Å². The Kier molecular flexibility index (Phi) is 2.95. The molecule has 6 nitrogen and oxygen atoms in total. The van der Waals surface area contributed by atoms with E-state index in [0.29, 0.717) is 5.56 Å². The smallest absolute Gasteiger partial charge is 0.198 e. The zero-order valence-corrected chi connectivity index (χ0v) is 10.7. The minimum Gasteiger partial charge on any atom is -0.508 e. The fourth-order valence-electron chi connectivity index (χ4n) is 2.16. The Bertz CT molecular complexity index is 724. The molecule has 0 unspecified atom stereocenters. The predicted octanol–water partition coefficient (Wildman–Crippen LogP) is 1.83. The van der Waals surface area contributed by atoms with E-state index in [-0.39, 0.29) is 28.6 Å². The van der Waals surface area contributed by atoms with Crippen molar-refractivity contribution in [2.45, 2.75) is 12.2 Å². The number of rotatable bonds is 3. The molecule has 1 saturated heterocycles. The SMILES string of the molecule is O=C(c1ccc(O)cc1O)[C@H]1O[C@@H]1c1ccc(O)c(O)c1. The first-order valence-electron chi connectivity index (χ1n) is 6.21. The lowest BCUT2D eigenvalue weighted by molar-refractivity contribution is 0.0951. The van der Waals surface area contributed by atoms with Crippen LogP contribution in [-0.4, -0.2) is 32.3 Å². The Hall–Kier alpha value is -2.73. The van der Waals surface area contributed by atoms with Crippen molar-refractivity contribution >= 4 is 5.78 Å². The number of epoxide rings is 1. The first-order valence-corrected chi connectivity index (χ1v) is 6.21. The molecular formula is C15H12O6. The number of carbonyl (C=O) groups excluding carboxylic acids is 1. The highest BCUT2D eigenvalue weighted by Gasteiger charge is 2.47. The Morgan fingerprint density at radius 2 is 1.67 bits per heavy atom. The first-order chi connectivity index (χ1) is 9.97. The van der Waals surface area contributed by atoms with Gasteiger partial charge in [-0.25, -0.2) is 0 Å². The molecule has 0 aliphatic carbocycles. The molecule has 6 heteroatoms. The first kappa shape index (κ1) is 13.3. The van der Waals surface area contributed by atoms with Crippen molar-refractivity contribution in [2.24, 2.45) is 0 Å². The molecule has 2 aromatic rings. The van der Waals surface area contributed by atoms with Crippen LogP contribution >= 0.6 is 0 Å². The topological polar surface area (TPSA) is 111 Å². The maximum absolute atomic E-state index is 12.2. The normalized spacial score (nSPS) is 20.2. The summed E-state index contributed by atoms with van der Waals surface area (Å²) >= 11 is 0. The summed E-state index contributed by atoms with van der Waals surface area (Å²) in [6.07, 6.45) is -1.29. The average molecular weight is 288 g/mol. The Morgan fingerprint density at radius 1 is 0.905 bits per heavy atom. The third kappa shape index (κ3) is 2.36. The summed E-state index contributed by atoms with van der Waals surface area (Å²) in [5.74, 6) is -1.41. The molecule has 2 atom stereocenters. The van der Waals surface area contributed by atoms with E-state index < -0.39 is 18.0 Å². The second kappa shape index (κ2) is 4.68. The van der Waals surface area contributed by atoms with Gasteiger partial charge in [-0.1, -0.05) is 6.07 Å². The van der Waals surface area contributed by atoms with Gasteiger partial charge in [0.05, 0.1) is 5.56 Å². The van der Waals surface area contributed by atoms with Gasteiger partial charge in [0.2, 0.25) is 0 Å². The summed E-state index contributed by atoms with van der Waals surface area (Å²) in [6, 6.07) is 7.88. The van der Waals surface area contributed by atoms with Gasteiger partial charge in [-0.05, 0) is 29.8 Å². The highest BCUT2D eigenvalue weighted by molar-refractivity contribution is 6.03. The van der Waals surface area contributed by atoms with E-state index >= 15 is 0 Å². The van der Waals surface area contributed by atoms with Gasteiger partial charge in [-0.15, -0.1) is 0 Å². The Morgan fingerprint density at radius 3 is 2.33 bits per heavy atom. The van der Waals surface area contributed by atoms with Gasteiger partial charge in [0.15, 0.2) is 23.4 Å². The molecule has 0 bridgehead atoms. The second-order valence-corrected chi connectivity index (χ2v) is 4.79. The summed E-state index contributed by atoms with van der Waals surface area (Å²) in [5, 5.41) is 37.6. The molecule has 3 rings (SSSR count). The third-order valence-corrected chi connectivity index (χ3v) is 3.32. The number of carbonyl (C=O) groups is 1. The molecule has 108 valence electrons. The number of hydrogen-bond donors (Lipinski definition) is 4. The molecule has 1 aliphatic heterocycles. The van der Waals surface area contributed by atoms with Crippen LogP contribution in [0.2, 0.25) is 0 Å². The maximum Gasteiger partial charge on any atom is 0.198 e. The fraction of sp³-hybridized carbons (Fsp3) is 0.133. The predicted molar refractivity (Wildman–Crippen MR) is 71.5 cm³/mol. The largest absolute Gasteiger partial charge is 0.508 e.